The summed E-state index contributed by atoms with van der Waals surface area (Å²) in [7, 11) is 0. The molecule has 0 aromatic heterocycles. The van der Waals surface area contributed by atoms with Gasteiger partial charge in [-0.05, 0) is 49.8 Å². The second-order valence-corrected chi connectivity index (χ2v) is 6.08. The van der Waals surface area contributed by atoms with Crippen LogP contribution in [-0.2, 0) is 4.79 Å². The Bertz CT molecular complexity index is 565. The third-order valence-corrected chi connectivity index (χ3v) is 4.85. The maximum Gasteiger partial charge on any atom is 0.233 e. The van der Waals surface area contributed by atoms with Gasteiger partial charge in [0, 0.05) is 17.8 Å². The first-order valence-electron chi connectivity index (χ1n) is 6.91. The molecule has 4 heteroatoms. The van der Waals surface area contributed by atoms with E-state index in [1.54, 1.807) is 11.0 Å². The molecule has 2 fully saturated rings. The number of nitrogens with zero attached hydrogens (tertiary/aromatic N) is 1. The Hall–Kier alpha value is -1.42. The fourth-order valence-corrected chi connectivity index (χ4v) is 3.29. The number of fused-ring (bicyclic) bond motifs is 2. The maximum atomic E-state index is 13.4. The van der Waals surface area contributed by atoms with Gasteiger partial charge >= 0.3 is 0 Å². The molecule has 0 spiro atoms. The van der Waals surface area contributed by atoms with Crippen LogP contribution in [0.25, 0.3) is 0 Å². The van der Waals surface area contributed by atoms with Crippen LogP contribution in [0.5, 0.6) is 0 Å². The predicted molar refractivity (Wildman–Crippen MR) is 68.1 cm³/mol. The highest BCUT2D eigenvalue weighted by molar-refractivity contribution is 6.03. The second kappa shape index (κ2) is 3.57. The minimum atomic E-state index is -0.671. The van der Waals surface area contributed by atoms with Crippen LogP contribution in [0.3, 0.4) is 0 Å². The third kappa shape index (κ3) is 1.56. The molecule has 0 radical (unpaired) electrons. The largest absolute Gasteiger partial charge is 0.388 e. The number of hydrogen-bond donors (Lipinski definition) is 1. The molecule has 1 N–H and O–H groups in total. The highest BCUT2D eigenvalue weighted by atomic mass is 19.1. The molecule has 1 aliphatic heterocycles. The first-order valence-corrected chi connectivity index (χ1v) is 6.91. The summed E-state index contributed by atoms with van der Waals surface area (Å²) in [4.78, 5) is 14.4. The van der Waals surface area contributed by atoms with Gasteiger partial charge in [-0.1, -0.05) is 0 Å². The summed E-state index contributed by atoms with van der Waals surface area (Å²) in [5.41, 5.74) is 1.17. The van der Waals surface area contributed by atoms with Gasteiger partial charge in [-0.25, -0.2) is 4.39 Å². The van der Waals surface area contributed by atoms with Crippen molar-refractivity contribution in [3.63, 3.8) is 0 Å². The maximum absolute atomic E-state index is 13.4. The normalized spacial score (nSPS) is 35.2. The number of halogens is 1. The van der Waals surface area contributed by atoms with Gasteiger partial charge in [0.05, 0.1) is 11.5 Å². The molecule has 1 atom stereocenters. The Morgan fingerprint density at radius 1 is 1.42 bits per heavy atom. The van der Waals surface area contributed by atoms with Crippen LogP contribution in [0, 0.1) is 17.2 Å². The van der Waals surface area contributed by atoms with Crippen molar-refractivity contribution in [2.75, 3.05) is 11.4 Å². The van der Waals surface area contributed by atoms with E-state index in [2.05, 4.69) is 0 Å². The third-order valence-electron chi connectivity index (χ3n) is 4.85. The van der Waals surface area contributed by atoms with Crippen molar-refractivity contribution in [1.82, 2.24) is 0 Å². The molecular formula is C15H16FNO2. The summed E-state index contributed by atoms with van der Waals surface area (Å²) in [6, 6.07) is 4.36. The molecule has 1 amide bonds. The summed E-state index contributed by atoms with van der Waals surface area (Å²) in [6.45, 7) is 0.628. The van der Waals surface area contributed by atoms with Gasteiger partial charge in [-0.2, -0.15) is 0 Å². The van der Waals surface area contributed by atoms with Crippen LogP contribution in [0.1, 0.15) is 37.4 Å². The second-order valence-electron chi connectivity index (χ2n) is 6.08. The molecule has 0 bridgehead atoms. The first kappa shape index (κ1) is 11.4. The Balaban J connectivity index is 1.76. The molecule has 1 aromatic rings. The van der Waals surface area contributed by atoms with Crippen LogP contribution >= 0.6 is 0 Å². The first-order chi connectivity index (χ1) is 9.12. The number of amides is 1. The topological polar surface area (TPSA) is 40.5 Å². The number of anilines is 1. The summed E-state index contributed by atoms with van der Waals surface area (Å²) in [5.74, 6) is 0.414. The van der Waals surface area contributed by atoms with Gasteiger partial charge in [-0.3, -0.25) is 4.79 Å². The Morgan fingerprint density at radius 3 is 2.84 bits per heavy atom. The number of rotatable bonds is 1. The van der Waals surface area contributed by atoms with E-state index in [1.807, 2.05) is 0 Å². The lowest BCUT2D eigenvalue weighted by molar-refractivity contribution is -0.121. The highest BCUT2D eigenvalue weighted by Gasteiger charge is 2.75. The molecule has 1 unspecified atom stereocenters. The number of carbonyl (C=O) groups is 1. The monoisotopic (exact) mass is 261 g/mol. The van der Waals surface area contributed by atoms with Crippen molar-refractivity contribution in [3.05, 3.63) is 29.6 Å². The Labute approximate surface area is 111 Å². The smallest absolute Gasteiger partial charge is 0.233 e. The van der Waals surface area contributed by atoms with E-state index in [0.717, 1.165) is 19.3 Å². The molecule has 3 nitrogen and oxygen atoms in total. The zero-order chi connectivity index (χ0) is 13.2. The molecule has 0 saturated heterocycles. The lowest BCUT2D eigenvalue weighted by Crippen LogP contribution is -2.35. The standard InChI is InChI=1S/C15H16FNO2/c16-10-3-4-12-11(6-10)13(18)2-1-5-17(12)14(19)15-7-9(15)8-15/h3-4,6,9,13,18H,1-2,5,7-8H2. The van der Waals surface area contributed by atoms with Gasteiger partial charge in [0.2, 0.25) is 5.91 Å². The summed E-state index contributed by atoms with van der Waals surface area (Å²) < 4.78 is 13.4. The number of aliphatic hydroxyl groups excluding tert-OH is 1. The molecular weight excluding hydrogens is 245 g/mol. The molecule has 2 aliphatic carbocycles. The minimum absolute atomic E-state index is 0.0824. The van der Waals surface area contributed by atoms with Crippen LogP contribution < -0.4 is 4.90 Å². The van der Waals surface area contributed by atoms with Crippen molar-refractivity contribution >= 4 is 11.6 Å². The average Bonchev–Trinajstić information content (AvgIpc) is 3.22. The van der Waals surface area contributed by atoms with E-state index < -0.39 is 6.10 Å². The summed E-state index contributed by atoms with van der Waals surface area (Å²) in [6.07, 6.45) is 2.69. The number of carbonyl (C=O) groups excluding carboxylic acids is 1. The molecule has 3 aliphatic rings. The average molecular weight is 261 g/mol. The van der Waals surface area contributed by atoms with Crippen molar-refractivity contribution in [2.24, 2.45) is 11.3 Å². The predicted octanol–water partition coefficient (Wildman–Crippen LogP) is 2.40. The van der Waals surface area contributed by atoms with E-state index in [-0.39, 0.29) is 17.1 Å². The van der Waals surface area contributed by atoms with Crippen LogP contribution in [0.15, 0.2) is 18.2 Å². The van der Waals surface area contributed by atoms with Gasteiger partial charge in [-0.15, -0.1) is 0 Å². The quantitative estimate of drug-likeness (QED) is 0.843. The van der Waals surface area contributed by atoms with Gasteiger partial charge in [0.1, 0.15) is 5.82 Å². The molecule has 19 heavy (non-hydrogen) atoms. The minimum Gasteiger partial charge on any atom is -0.388 e. The number of hydrogen-bond acceptors (Lipinski definition) is 2. The Kier molecular flexibility index (Phi) is 2.14. The molecule has 1 heterocycles. The lowest BCUT2D eigenvalue weighted by Gasteiger charge is -2.24. The SMILES string of the molecule is O=C(N1CCCC(O)c2cc(F)ccc21)C12CC1C2. The fourth-order valence-electron chi connectivity index (χ4n) is 3.29. The van der Waals surface area contributed by atoms with E-state index in [1.165, 1.54) is 12.1 Å². The van der Waals surface area contributed by atoms with Crippen molar-refractivity contribution in [3.8, 4) is 0 Å². The van der Waals surface area contributed by atoms with Gasteiger partial charge in [0.25, 0.3) is 0 Å². The van der Waals surface area contributed by atoms with E-state index in [0.29, 0.717) is 30.1 Å². The van der Waals surface area contributed by atoms with E-state index >= 15 is 0 Å². The van der Waals surface area contributed by atoms with Gasteiger partial charge < -0.3 is 10.0 Å². The lowest BCUT2D eigenvalue weighted by atomic mass is 10.0. The molecule has 4 rings (SSSR count). The molecule has 100 valence electrons. The highest BCUT2D eigenvalue weighted by Crippen LogP contribution is 2.76. The zero-order valence-electron chi connectivity index (χ0n) is 10.6. The fraction of sp³-hybridized carbons (Fsp3) is 0.533. The van der Waals surface area contributed by atoms with Crippen LogP contribution in [0.2, 0.25) is 0 Å². The summed E-state index contributed by atoms with van der Waals surface area (Å²) in [5, 5.41) is 10.1. The van der Waals surface area contributed by atoms with Crippen molar-refractivity contribution < 1.29 is 14.3 Å². The number of aliphatic hydroxyl groups is 1. The summed E-state index contributed by atoms with van der Waals surface area (Å²) >= 11 is 0. The van der Waals surface area contributed by atoms with E-state index in [9.17, 15) is 14.3 Å². The van der Waals surface area contributed by atoms with Gasteiger partial charge in [0.15, 0.2) is 0 Å². The molecule has 2 saturated carbocycles. The molecule has 1 aromatic carbocycles. The number of benzene rings is 1. The van der Waals surface area contributed by atoms with E-state index in [4.69, 9.17) is 0 Å². The Morgan fingerprint density at radius 2 is 2.16 bits per heavy atom. The zero-order valence-corrected chi connectivity index (χ0v) is 10.6. The van der Waals surface area contributed by atoms with Crippen molar-refractivity contribution in [2.45, 2.75) is 31.8 Å². The van der Waals surface area contributed by atoms with Crippen molar-refractivity contribution in [1.29, 1.82) is 0 Å². The van der Waals surface area contributed by atoms with Crippen LogP contribution in [0.4, 0.5) is 10.1 Å². The van der Waals surface area contributed by atoms with Crippen LogP contribution in [-0.4, -0.2) is 17.6 Å².